The van der Waals surface area contributed by atoms with Crippen molar-refractivity contribution >= 4 is 5.97 Å². The highest BCUT2D eigenvalue weighted by Crippen LogP contribution is 2.06. The van der Waals surface area contributed by atoms with E-state index in [0.29, 0.717) is 6.42 Å². The monoisotopic (exact) mass is 222 g/mol. The molecule has 4 nitrogen and oxygen atoms in total. The van der Waals surface area contributed by atoms with Crippen LogP contribution >= 0.6 is 0 Å². The van der Waals surface area contributed by atoms with Crippen LogP contribution < -0.4 is 0 Å². The Balaban J connectivity index is 2.46. The summed E-state index contributed by atoms with van der Waals surface area (Å²) in [7, 11) is 3.39. The second-order valence-electron chi connectivity index (χ2n) is 3.87. The molecule has 0 bridgehead atoms. The predicted octanol–water partition coefficient (Wildman–Crippen LogP) is 1.46. The van der Waals surface area contributed by atoms with Crippen molar-refractivity contribution in [2.75, 3.05) is 14.2 Å². The van der Waals surface area contributed by atoms with Crippen molar-refractivity contribution in [2.24, 2.45) is 0 Å². The van der Waals surface area contributed by atoms with E-state index in [4.69, 9.17) is 0 Å². The van der Waals surface area contributed by atoms with Crippen LogP contribution in [0.1, 0.15) is 19.0 Å². The number of esters is 1. The van der Waals surface area contributed by atoms with E-state index in [0.717, 1.165) is 12.2 Å². The summed E-state index contributed by atoms with van der Waals surface area (Å²) in [6, 6.07) is 5.97. The van der Waals surface area contributed by atoms with Crippen molar-refractivity contribution in [1.82, 2.24) is 9.88 Å². The van der Waals surface area contributed by atoms with Crippen LogP contribution in [0, 0.1) is 0 Å². The van der Waals surface area contributed by atoms with Gasteiger partial charge in [-0.2, -0.15) is 0 Å². The van der Waals surface area contributed by atoms with Crippen LogP contribution in [0.2, 0.25) is 0 Å². The van der Waals surface area contributed by atoms with Crippen LogP contribution in [-0.2, 0) is 16.1 Å². The van der Waals surface area contributed by atoms with Crippen LogP contribution in [-0.4, -0.2) is 36.1 Å². The Bertz CT molecular complexity index is 327. The molecule has 0 radical (unpaired) electrons. The Morgan fingerprint density at radius 1 is 1.56 bits per heavy atom. The second kappa shape index (κ2) is 6.23. The lowest BCUT2D eigenvalue weighted by atomic mass is 10.2. The van der Waals surface area contributed by atoms with Crippen LogP contribution in [0.4, 0.5) is 0 Å². The number of hydrogen-bond donors (Lipinski definition) is 0. The molecule has 1 heterocycles. The first-order valence-electron chi connectivity index (χ1n) is 5.30. The minimum Gasteiger partial charge on any atom is -0.469 e. The topological polar surface area (TPSA) is 42.4 Å². The summed E-state index contributed by atoms with van der Waals surface area (Å²) in [6.07, 6.45) is 2.17. The number of carbonyl (C=O) groups is 1. The maximum atomic E-state index is 11.1. The molecule has 0 aliphatic heterocycles. The normalized spacial score (nSPS) is 12.5. The molecule has 0 fully saturated rings. The highest BCUT2D eigenvalue weighted by molar-refractivity contribution is 5.69. The summed E-state index contributed by atoms with van der Waals surface area (Å²) in [5.74, 6) is -0.180. The van der Waals surface area contributed by atoms with Gasteiger partial charge in [0.1, 0.15) is 0 Å². The van der Waals surface area contributed by atoms with Gasteiger partial charge in [0, 0.05) is 18.8 Å². The number of hydrogen-bond acceptors (Lipinski definition) is 4. The zero-order chi connectivity index (χ0) is 12.0. The number of pyridine rings is 1. The van der Waals surface area contributed by atoms with E-state index < -0.39 is 0 Å². The molecule has 0 amide bonds. The van der Waals surface area contributed by atoms with Gasteiger partial charge in [-0.25, -0.2) is 0 Å². The largest absolute Gasteiger partial charge is 0.469 e. The van der Waals surface area contributed by atoms with Gasteiger partial charge in [0.05, 0.1) is 19.2 Å². The van der Waals surface area contributed by atoms with Gasteiger partial charge >= 0.3 is 5.97 Å². The molecule has 88 valence electrons. The summed E-state index contributed by atoms with van der Waals surface area (Å²) >= 11 is 0. The highest BCUT2D eigenvalue weighted by Gasteiger charge is 2.14. The average molecular weight is 222 g/mol. The molecule has 0 aromatic carbocycles. The van der Waals surface area contributed by atoms with E-state index in [1.54, 1.807) is 6.20 Å². The summed E-state index contributed by atoms with van der Waals surface area (Å²) in [6.45, 7) is 2.73. The molecule has 16 heavy (non-hydrogen) atoms. The van der Waals surface area contributed by atoms with E-state index in [-0.39, 0.29) is 12.0 Å². The van der Waals surface area contributed by atoms with Gasteiger partial charge in [-0.15, -0.1) is 0 Å². The van der Waals surface area contributed by atoms with Crippen molar-refractivity contribution in [3.05, 3.63) is 30.1 Å². The highest BCUT2D eigenvalue weighted by atomic mass is 16.5. The molecular formula is C12H18N2O2. The molecule has 4 heteroatoms. The van der Waals surface area contributed by atoms with Gasteiger partial charge < -0.3 is 4.74 Å². The Morgan fingerprint density at radius 2 is 2.31 bits per heavy atom. The summed E-state index contributed by atoms with van der Waals surface area (Å²) in [5.41, 5.74) is 1.00. The lowest BCUT2D eigenvalue weighted by Gasteiger charge is -2.23. The molecular weight excluding hydrogens is 204 g/mol. The quantitative estimate of drug-likeness (QED) is 0.707. The van der Waals surface area contributed by atoms with Gasteiger partial charge in [-0.05, 0) is 26.1 Å². The lowest BCUT2D eigenvalue weighted by molar-refractivity contribution is -0.141. The van der Waals surface area contributed by atoms with Crippen LogP contribution in [0.3, 0.4) is 0 Å². The Morgan fingerprint density at radius 3 is 2.88 bits per heavy atom. The third-order valence-corrected chi connectivity index (χ3v) is 2.58. The van der Waals surface area contributed by atoms with Gasteiger partial charge in [-0.3, -0.25) is 14.7 Å². The maximum Gasteiger partial charge on any atom is 0.307 e. The fourth-order valence-electron chi connectivity index (χ4n) is 1.38. The molecule has 1 rings (SSSR count). The van der Waals surface area contributed by atoms with Crippen molar-refractivity contribution in [3.8, 4) is 0 Å². The first-order chi connectivity index (χ1) is 7.63. The van der Waals surface area contributed by atoms with E-state index in [1.165, 1.54) is 7.11 Å². The predicted molar refractivity (Wildman–Crippen MR) is 61.8 cm³/mol. The molecule has 0 N–H and O–H groups in total. The standard InChI is InChI=1S/C12H18N2O2/c1-10(8-12(15)16-3)14(2)9-11-6-4-5-7-13-11/h4-7,10H,8-9H2,1-3H3. The van der Waals surface area contributed by atoms with Crippen molar-refractivity contribution in [1.29, 1.82) is 0 Å². The number of nitrogens with zero attached hydrogens (tertiary/aromatic N) is 2. The number of carbonyl (C=O) groups excluding carboxylic acids is 1. The summed E-state index contributed by atoms with van der Waals surface area (Å²) < 4.78 is 4.64. The molecule has 1 aromatic heterocycles. The van der Waals surface area contributed by atoms with E-state index in [2.05, 4.69) is 14.6 Å². The number of methoxy groups -OCH3 is 1. The summed E-state index contributed by atoms with van der Waals surface area (Å²) in [4.78, 5) is 17.4. The molecule has 0 aliphatic carbocycles. The fourth-order valence-corrected chi connectivity index (χ4v) is 1.38. The Labute approximate surface area is 96.2 Å². The summed E-state index contributed by atoms with van der Waals surface area (Å²) in [5, 5.41) is 0. The third kappa shape index (κ3) is 3.98. The zero-order valence-electron chi connectivity index (χ0n) is 10.0. The second-order valence-corrected chi connectivity index (χ2v) is 3.87. The molecule has 1 unspecified atom stereocenters. The number of rotatable bonds is 5. The van der Waals surface area contributed by atoms with Crippen LogP contribution in [0.5, 0.6) is 0 Å². The minimum atomic E-state index is -0.180. The van der Waals surface area contributed by atoms with Gasteiger partial charge in [0.15, 0.2) is 0 Å². The number of aromatic nitrogens is 1. The maximum absolute atomic E-state index is 11.1. The third-order valence-electron chi connectivity index (χ3n) is 2.58. The molecule has 0 saturated heterocycles. The van der Waals surface area contributed by atoms with Crippen LogP contribution in [0.15, 0.2) is 24.4 Å². The smallest absolute Gasteiger partial charge is 0.307 e. The molecule has 0 aliphatic rings. The Kier molecular flexibility index (Phi) is 4.92. The van der Waals surface area contributed by atoms with Crippen molar-refractivity contribution in [3.63, 3.8) is 0 Å². The molecule has 1 atom stereocenters. The van der Waals surface area contributed by atoms with Gasteiger partial charge in [0.2, 0.25) is 0 Å². The fraction of sp³-hybridized carbons (Fsp3) is 0.500. The minimum absolute atomic E-state index is 0.148. The van der Waals surface area contributed by atoms with E-state index >= 15 is 0 Å². The van der Waals surface area contributed by atoms with Gasteiger partial charge in [-0.1, -0.05) is 6.07 Å². The van der Waals surface area contributed by atoms with Crippen molar-refractivity contribution in [2.45, 2.75) is 25.9 Å². The van der Waals surface area contributed by atoms with Crippen molar-refractivity contribution < 1.29 is 9.53 Å². The zero-order valence-corrected chi connectivity index (χ0v) is 10.0. The first kappa shape index (κ1) is 12.6. The first-order valence-corrected chi connectivity index (χ1v) is 5.30. The van der Waals surface area contributed by atoms with Crippen LogP contribution in [0.25, 0.3) is 0 Å². The lowest BCUT2D eigenvalue weighted by Crippen LogP contribution is -2.31. The van der Waals surface area contributed by atoms with E-state index in [9.17, 15) is 4.79 Å². The SMILES string of the molecule is COC(=O)CC(C)N(C)Cc1ccccn1. The molecule has 0 saturated carbocycles. The molecule has 0 spiro atoms. The Hall–Kier alpha value is -1.42. The average Bonchev–Trinajstić information content (AvgIpc) is 2.30. The van der Waals surface area contributed by atoms with Gasteiger partial charge in [0.25, 0.3) is 0 Å². The number of ether oxygens (including phenoxy) is 1. The molecule has 1 aromatic rings. The van der Waals surface area contributed by atoms with E-state index in [1.807, 2.05) is 32.2 Å².